The summed E-state index contributed by atoms with van der Waals surface area (Å²) in [6.07, 6.45) is 26.9. The van der Waals surface area contributed by atoms with Gasteiger partial charge in [0.15, 0.2) is 27.6 Å². The topological polar surface area (TPSA) is 148 Å². The summed E-state index contributed by atoms with van der Waals surface area (Å²) < 4.78 is 10.6. The summed E-state index contributed by atoms with van der Waals surface area (Å²) in [7, 11) is 10.4. The number of hydrogen-bond donors (Lipinski definition) is 0. The van der Waals surface area contributed by atoms with Gasteiger partial charge in [0.05, 0.1) is 90.6 Å². The largest absolute Gasteiger partial charge is 0.287 e. The fourth-order valence-electron chi connectivity index (χ4n) is 21.2. The van der Waals surface area contributed by atoms with Crippen LogP contribution in [0.1, 0.15) is 197 Å². The number of fused-ring (bicyclic) bond motifs is 5. The average molecular weight is 1950 g/mol. The molecule has 0 atom stereocenters. The maximum absolute atomic E-state index is 4.80. The molecule has 1 aliphatic carbocycles. The number of aromatic nitrogens is 15. The van der Waals surface area contributed by atoms with E-state index >= 15 is 0 Å². The lowest BCUT2D eigenvalue weighted by molar-refractivity contribution is -0.662. The van der Waals surface area contributed by atoms with E-state index in [1.807, 2.05) is 56.4 Å². The molecule has 0 spiro atoms. The molecule has 10 aromatic heterocycles. The van der Waals surface area contributed by atoms with Crippen molar-refractivity contribution in [1.29, 1.82) is 0 Å². The molecule has 0 amide bonds. The predicted molar refractivity (Wildman–Crippen MR) is 611 cm³/mol. The summed E-state index contributed by atoms with van der Waals surface area (Å²) >= 11 is 0. The first-order valence-electron chi connectivity index (χ1n) is 52.3. The second-order valence-corrected chi connectivity index (χ2v) is 43.7. The quantitative estimate of drug-likeness (QED) is 0.0908. The Hall–Kier alpha value is -15.4. The first kappa shape index (κ1) is 104. The van der Waals surface area contributed by atoms with E-state index in [4.69, 9.17) is 34.9 Å². The number of rotatable bonds is 15. The minimum atomic E-state index is 0.258. The van der Waals surface area contributed by atoms with E-state index in [1.165, 1.54) is 193 Å². The maximum Gasteiger partial charge on any atom is 0.287 e. The van der Waals surface area contributed by atoms with Gasteiger partial charge in [-0.1, -0.05) is 180 Å². The van der Waals surface area contributed by atoms with Crippen molar-refractivity contribution in [3.8, 4) is 113 Å². The highest BCUT2D eigenvalue weighted by Gasteiger charge is 2.28. The standard InChI is InChI=1S/C28H30N3.C28H32N3.C27H30N3.C26H28N3.C24H24N3/c1-18-13-19(2)20(3)25(14-18)28-24-11-9-22(15-27(24)30-17-31(28)4)26-12-10-23(16-29-26)21-7-5-6-8-21;1-18-12-19(2)20(3)24(13-18)27-23-10-9-22(14-26(23)30-17-31(27)7)25-11-8-21(16-29-25)15-28(4,5)6;1-17(2)11-21-7-10-25(28-15-21)22-8-9-23-26(14-22)29-16-30(6)27(23)24-13-18(3)12-19(4)20(24)5;1-16(2)21-8-10-24(27-14-21)20-7-9-22-25(13-20)28-15-29(6)26(22)23-12-17(3)11-18(4)19(23)5;1-15-6-9-22(25-13-15)19-7-8-20-23(12-19)26-14-27(5)24(20)21-11-16(2)10-17(3)18(21)4/h9-17,21H,5-8H2,1-4H3;8-14,16-17H,15H2,1-7H3;7-10,12-17H,11H2,1-6H3;7-16H,1-6H3;6-14H,1-5H3/q5*+1. The highest BCUT2D eigenvalue weighted by atomic mass is 15.0. The highest BCUT2D eigenvalue weighted by Crippen LogP contribution is 2.41. The molecule has 0 radical (unpaired) electrons. The molecule has 0 bridgehead atoms. The van der Waals surface area contributed by atoms with Crippen molar-refractivity contribution in [3.63, 3.8) is 0 Å². The highest BCUT2D eigenvalue weighted by molar-refractivity contribution is 5.99. The molecule has 0 unspecified atom stereocenters. The van der Waals surface area contributed by atoms with Crippen LogP contribution in [0.2, 0.25) is 0 Å². The molecule has 1 aliphatic rings. The van der Waals surface area contributed by atoms with Crippen LogP contribution in [0.4, 0.5) is 0 Å². The predicted octanol–water partition coefficient (Wildman–Crippen LogP) is 29.4. The van der Waals surface area contributed by atoms with Gasteiger partial charge in [0.25, 0.3) is 31.6 Å². The van der Waals surface area contributed by atoms with E-state index in [1.54, 1.807) is 0 Å². The van der Waals surface area contributed by atoms with Crippen molar-refractivity contribution in [2.45, 2.75) is 210 Å². The molecule has 0 saturated heterocycles. The maximum atomic E-state index is 4.80. The molecule has 746 valence electrons. The fourth-order valence-corrected chi connectivity index (χ4v) is 21.2. The lowest BCUT2D eigenvalue weighted by atomic mass is 9.89. The summed E-state index contributed by atoms with van der Waals surface area (Å²) in [5.41, 5.74) is 54.0. The lowest BCUT2D eigenvalue weighted by Gasteiger charge is -2.17. The summed E-state index contributed by atoms with van der Waals surface area (Å²) in [4.78, 5) is 47.1. The molecule has 10 heterocycles. The average Bonchev–Trinajstić information content (AvgIpc) is 0.824. The van der Waals surface area contributed by atoms with E-state index in [9.17, 15) is 0 Å². The fraction of sp³-hybridized carbons (Fsp3) is 0.286. The van der Waals surface area contributed by atoms with Crippen LogP contribution in [-0.4, -0.2) is 49.8 Å². The van der Waals surface area contributed by atoms with Gasteiger partial charge in [0.2, 0.25) is 0 Å². The number of benzene rings is 10. The molecule has 20 aromatic rings. The van der Waals surface area contributed by atoms with Crippen LogP contribution in [0.15, 0.2) is 275 Å². The Balaban J connectivity index is 0.000000126. The van der Waals surface area contributed by atoms with Gasteiger partial charge in [-0.15, -0.1) is 0 Å². The van der Waals surface area contributed by atoms with Gasteiger partial charge in [-0.2, -0.15) is 0 Å². The SMILES string of the molecule is Cc1cc(C)c(C)c(-c2c3ccc(-c4ccc(C(C)C)cn4)cc3nc[n+]2C)c1.Cc1cc(C)c(C)c(-c2c3ccc(-c4ccc(C5CCCC5)cn4)cc3nc[n+]2C)c1.Cc1cc(C)c(C)c(-c2c3ccc(-c4ccc(CC(C)(C)C)cn4)cc3nc[n+]2C)c1.Cc1cc(C)c(C)c(-c2c3ccc(-c4ccc(CC(C)C)cn4)cc3nc[n+]2C)c1.Cc1ccc(-c2ccc3c(-c4cc(C)cc(C)c4C)[n+](C)cnc3c2)nc1. The Labute approximate surface area is 876 Å². The smallest absolute Gasteiger partial charge is 0.256 e. The van der Waals surface area contributed by atoms with Gasteiger partial charge in [0, 0.05) is 86.6 Å². The van der Waals surface area contributed by atoms with E-state index in [2.05, 4.69) is 451 Å². The first-order valence-corrected chi connectivity index (χ1v) is 52.3. The van der Waals surface area contributed by atoms with Gasteiger partial charge in [0.1, 0.15) is 28.5 Å². The normalized spacial score (nSPS) is 12.1. The van der Waals surface area contributed by atoms with E-state index in [0.29, 0.717) is 17.8 Å². The summed E-state index contributed by atoms with van der Waals surface area (Å²) in [6.45, 7) is 50.4. The zero-order valence-electron chi connectivity index (χ0n) is 92.2. The van der Waals surface area contributed by atoms with Gasteiger partial charge in [-0.3, -0.25) is 24.9 Å². The molecule has 1 saturated carbocycles. The van der Waals surface area contributed by atoms with Crippen molar-refractivity contribution < 1.29 is 22.8 Å². The zero-order chi connectivity index (χ0) is 105. The monoisotopic (exact) mass is 1950 g/mol. The molecule has 0 aliphatic heterocycles. The molecule has 15 nitrogen and oxygen atoms in total. The molecule has 0 N–H and O–H groups in total. The van der Waals surface area contributed by atoms with Crippen LogP contribution >= 0.6 is 0 Å². The lowest BCUT2D eigenvalue weighted by Crippen LogP contribution is -2.32. The van der Waals surface area contributed by atoms with Crippen molar-refractivity contribution in [2.75, 3.05) is 0 Å². The third-order valence-electron chi connectivity index (χ3n) is 29.7. The zero-order valence-corrected chi connectivity index (χ0v) is 92.2. The van der Waals surface area contributed by atoms with E-state index in [0.717, 1.165) is 124 Å². The van der Waals surface area contributed by atoms with E-state index in [-0.39, 0.29) is 5.41 Å². The minimum Gasteiger partial charge on any atom is -0.256 e. The van der Waals surface area contributed by atoms with Crippen molar-refractivity contribution >= 4 is 54.5 Å². The second-order valence-electron chi connectivity index (χ2n) is 43.7. The van der Waals surface area contributed by atoms with Crippen molar-refractivity contribution in [3.05, 3.63) is 386 Å². The van der Waals surface area contributed by atoms with E-state index < -0.39 is 0 Å². The second kappa shape index (κ2) is 44.1. The Kier molecular flexibility index (Phi) is 31.0. The Bertz CT molecular complexity index is 8400. The Morgan fingerprint density at radius 3 is 0.784 bits per heavy atom. The molecule has 148 heavy (non-hydrogen) atoms. The third kappa shape index (κ3) is 23.1. The van der Waals surface area contributed by atoms with Gasteiger partial charge < -0.3 is 0 Å². The molecular weight excluding hydrogens is 1810 g/mol. The van der Waals surface area contributed by atoms with Crippen LogP contribution in [0.5, 0.6) is 0 Å². The minimum absolute atomic E-state index is 0.258. The molecule has 21 rings (SSSR count). The van der Waals surface area contributed by atoms with Crippen molar-refractivity contribution in [1.82, 2.24) is 49.8 Å². The molecule has 10 aromatic carbocycles. The molecule has 1 fully saturated rings. The van der Waals surface area contributed by atoms with Crippen LogP contribution in [-0.2, 0) is 48.1 Å². The Morgan fingerprint density at radius 2 is 0.541 bits per heavy atom. The number of pyridine rings is 5. The number of aryl methyl sites for hydroxylation is 16. The van der Waals surface area contributed by atoms with Gasteiger partial charge in [-0.25, -0.2) is 22.8 Å². The van der Waals surface area contributed by atoms with Crippen LogP contribution < -0.4 is 22.8 Å². The Morgan fingerprint density at radius 1 is 0.270 bits per heavy atom. The first-order chi connectivity index (χ1) is 70.7. The third-order valence-corrected chi connectivity index (χ3v) is 29.7. The van der Waals surface area contributed by atoms with Crippen LogP contribution in [0.3, 0.4) is 0 Å². The van der Waals surface area contributed by atoms with Gasteiger partial charge >= 0.3 is 0 Å². The van der Waals surface area contributed by atoms with Crippen molar-refractivity contribution in [2.24, 2.45) is 46.6 Å². The van der Waals surface area contributed by atoms with Crippen LogP contribution in [0.25, 0.3) is 167 Å². The van der Waals surface area contributed by atoms with Gasteiger partial charge in [-0.05, 0) is 389 Å². The summed E-state index contributed by atoms with van der Waals surface area (Å²) in [5.74, 6) is 1.82. The molecule has 15 heteroatoms. The number of hydrogen-bond acceptors (Lipinski definition) is 10. The van der Waals surface area contributed by atoms with Crippen LogP contribution in [0, 0.1) is 122 Å². The number of nitrogens with zero attached hydrogens (tertiary/aromatic N) is 15. The summed E-state index contributed by atoms with van der Waals surface area (Å²) in [5, 5.41) is 5.80. The summed E-state index contributed by atoms with van der Waals surface area (Å²) in [6, 6.07) is 76.6. The molecular formula is C133H144N15+5.